The Balaban J connectivity index is 2.16. The summed E-state index contributed by atoms with van der Waals surface area (Å²) in [6.07, 6.45) is 0.908. The quantitative estimate of drug-likeness (QED) is 0.878. The standard InChI is InChI=1S/C14H18N2O2/c1-18-13-5-2-4-11(8-13)14-9-12(17)10-16(14)7-3-6-15/h2,4-5,8,12,14,17H,3,7,9-10H2,1H3/t12-,14+/m1/s1. The van der Waals surface area contributed by atoms with Crippen molar-refractivity contribution in [2.45, 2.75) is 25.0 Å². The summed E-state index contributed by atoms with van der Waals surface area (Å²) in [4.78, 5) is 2.17. The lowest BCUT2D eigenvalue weighted by Gasteiger charge is -2.23. The number of aliphatic hydroxyl groups excluding tert-OH is 1. The smallest absolute Gasteiger partial charge is 0.119 e. The van der Waals surface area contributed by atoms with E-state index in [1.807, 2.05) is 24.3 Å². The van der Waals surface area contributed by atoms with E-state index in [0.717, 1.165) is 17.7 Å². The van der Waals surface area contributed by atoms with Gasteiger partial charge in [-0.25, -0.2) is 0 Å². The molecule has 1 aliphatic heterocycles. The summed E-state index contributed by atoms with van der Waals surface area (Å²) in [5.41, 5.74) is 1.14. The lowest BCUT2D eigenvalue weighted by molar-refractivity contribution is 0.176. The van der Waals surface area contributed by atoms with Crippen molar-refractivity contribution in [1.29, 1.82) is 5.26 Å². The van der Waals surface area contributed by atoms with E-state index >= 15 is 0 Å². The molecule has 0 unspecified atom stereocenters. The molecular formula is C14H18N2O2. The van der Waals surface area contributed by atoms with Crippen LogP contribution in [-0.2, 0) is 0 Å². The second-order valence-corrected chi connectivity index (χ2v) is 4.58. The number of nitriles is 1. The third-order valence-corrected chi connectivity index (χ3v) is 3.37. The Morgan fingerprint density at radius 3 is 3.11 bits per heavy atom. The zero-order valence-corrected chi connectivity index (χ0v) is 10.5. The van der Waals surface area contributed by atoms with Crippen LogP contribution < -0.4 is 4.74 Å². The van der Waals surface area contributed by atoms with Gasteiger partial charge in [-0.15, -0.1) is 0 Å². The van der Waals surface area contributed by atoms with Crippen molar-refractivity contribution in [3.8, 4) is 11.8 Å². The molecule has 1 heterocycles. The number of aliphatic hydroxyl groups is 1. The number of β-amino-alcohol motifs (C(OH)–C–C–N with tert-alkyl or cyclic N) is 1. The van der Waals surface area contributed by atoms with Crippen molar-refractivity contribution in [3.63, 3.8) is 0 Å². The Labute approximate surface area is 107 Å². The SMILES string of the molecule is COc1cccc([C@@H]2C[C@@H](O)CN2CCC#N)c1. The van der Waals surface area contributed by atoms with Gasteiger partial charge in [0, 0.05) is 25.6 Å². The number of hydrogen-bond donors (Lipinski definition) is 1. The minimum atomic E-state index is -0.306. The summed E-state index contributed by atoms with van der Waals surface area (Å²) in [5.74, 6) is 0.828. The lowest BCUT2D eigenvalue weighted by Crippen LogP contribution is -2.25. The van der Waals surface area contributed by atoms with E-state index in [9.17, 15) is 5.11 Å². The summed E-state index contributed by atoms with van der Waals surface area (Å²) in [7, 11) is 1.65. The summed E-state index contributed by atoms with van der Waals surface area (Å²) in [5, 5.41) is 18.5. The number of ether oxygens (including phenoxy) is 1. The van der Waals surface area contributed by atoms with Crippen molar-refractivity contribution >= 4 is 0 Å². The summed E-state index contributed by atoms with van der Waals surface area (Å²) in [6.45, 7) is 1.35. The van der Waals surface area contributed by atoms with E-state index in [2.05, 4.69) is 11.0 Å². The first-order valence-electron chi connectivity index (χ1n) is 6.17. The molecule has 1 aliphatic rings. The largest absolute Gasteiger partial charge is 0.497 e. The molecule has 0 radical (unpaired) electrons. The lowest BCUT2D eigenvalue weighted by atomic mass is 10.0. The van der Waals surface area contributed by atoms with Gasteiger partial charge in [-0.05, 0) is 24.1 Å². The molecule has 18 heavy (non-hydrogen) atoms. The Bertz CT molecular complexity index is 442. The maximum absolute atomic E-state index is 9.80. The summed E-state index contributed by atoms with van der Waals surface area (Å²) < 4.78 is 5.22. The predicted molar refractivity (Wildman–Crippen MR) is 68.2 cm³/mol. The molecule has 1 aromatic rings. The molecule has 0 aliphatic carbocycles. The van der Waals surface area contributed by atoms with E-state index in [1.54, 1.807) is 7.11 Å². The van der Waals surface area contributed by atoms with Crippen LogP contribution in [0.3, 0.4) is 0 Å². The van der Waals surface area contributed by atoms with Crippen LogP contribution in [0.15, 0.2) is 24.3 Å². The van der Waals surface area contributed by atoms with Crippen LogP contribution in [0.2, 0.25) is 0 Å². The maximum Gasteiger partial charge on any atom is 0.119 e. The second kappa shape index (κ2) is 5.85. The highest BCUT2D eigenvalue weighted by atomic mass is 16.5. The first-order chi connectivity index (χ1) is 8.74. The third kappa shape index (κ3) is 2.81. The topological polar surface area (TPSA) is 56.5 Å². The molecule has 4 nitrogen and oxygen atoms in total. The van der Waals surface area contributed by atoms with Gasteiger partial charge >= 0.3 is 0 Å². The molecule has 1 saturated heterocycles. The van der Waals surface area contributed by atoms with Crippen LogP contribution >= 0.6 is 0 Å². The molecule has 2 rings (SSSR count). The monoisotopic (exact) mass is 246 g/mol. The first-order valence-corrected chi connectivity index (χ1v) is 6.17. The number of rotatable bonds is 4. The van der Waals surface area contributed by atoms with Gasteiger partial charge in [-0.3, -0.25) is 4.90 Å². The summed E-state index contributed by atoms with van der Waals surface area (Å²) in [6, 6.07) is 10.3. The first kappa shape index (κ1) is 12.9. The van der Waals surface area contributed by atoms with E-state index in [0.29, 0.717) is 19.5 Å². The number of hydrogen-bond acceptors (Lipinski definition) is 4. The molecule has 0 saturated carbocycles. The van der Waals surface area contributed by atoms with Gasteiger partial charge in [0.15, 0.2) is 0 Å². The van der Waals surface area contributed by atoms with E-state index in [-0.39, 0.29) is 12.1 Å². The molecule has 4 heteroatoms. The number of methoxy groups -OCH3 is 1. The fourth-order valence-corrected chi connectivity index (χ4v) is 2.52. The van der Waals surface area contributed by atoms with Gasteiger partial charge in [-0.1, -0.05) is 12.1 Å². The molecule has 0 aromatic heterocycles. The third-order valence-electron chi connectivity index (χ3n) is 3.37. The van der Waals surface area contributed by atoms with Crippen molar-refractivity contribution in [2.75, 3.05) is 20.2 Å². The van der Waals surface area contributed by atoms with Gasteiger partial charge in [0.1, 0.15) is 5.75 Å². The number of benzene rings is 1. The van der Waals surface area contributed by atoms with Gasteiger partial charge in [0.25, 0.3) is 0 Å². The molecule has 0 amide bonds. The van der Waals surface area contributed by atoms with Crippen LogP contribution in [0, 0.1) is 11.3 Å². The summed E-state index contributed by atoms with van der Waals surface area (Å²) >= 11 is 0. The average Bonchev–Trinajstić information content (AvgIpc) is 2.77. The molecule has 1 aromatic carbocycles. The Morgan fingerprint density at radius 1 is 1.56 bits per heavy atom. The van der Waals surface area contributed by atoms with Crippen LogP contribution in [0.1, 0.15) is 24.4 Å². The van der Waals surface area contributed by atoms with Crippen molar-refractivity contribution in [1.82, 2.24) is 4.90 Å². The van der Waals surface area contributed by atoms with Crippen LogP contribution in [0.5, 0.6) is 5.75 Å². The van der Waals surface area contributed by atoms with Crippen molar-refractivity contribution < 1.29 is 9.84 Å². The number of nitrogens with zero attached hydrogens (tertiary/aromatic N) is 2. The molecule has 1 N–H and O–H groups in total. The zero-order chi connectivity index (χ0) is 13.0. The van der Waals surface area contributed by atoms with Crippen molar-refractivity contribution in [3.05, 3.63) is 29.8 Å². The van der Waals surface area contributed by atoms with E-state index in [1.165, 1.54) is 0 Å². The fraction of sp³-hybridized carbons (Fsp3) is 0.500. The van der Waals surface area contributed by atoms with Gasteiger partial charge in [0.2, 0.25) is 0 Å². The zero-order valence-electron chi connectivity index (χ0n) is 10.5. The highest BCUT2D eigenvalue weighted by Gasteiger charge is 2.31. The Kier molecular flexibility index (Phi) is 4.19. The Hall–Kier alpha value is -1.57. The second-order valence-electron chi connectivity index (χ2n) is 4.58. The highest BCUT2D eigenvalue weighted by molar-refractivity contribution is 5.31. The van der Waals surface area contributed by atoms with Crippen LogP contribution in [0.25, 0.3) is 0 Å². The number of likely N-dealkylation sites (tertiary alicyclic amines) is 1. The predicted octanol–water partition coefficient (Wildman–Crippen LogP) is 1.72. The Morgan fingerprint density at radius 2 is 2.39 bits per heavy atom. The molecule has 0 bridgehead atoms. The maximum atomic E-state index is 9.80. The van der Waals surface area contributed by atoms with Gasteiger partial charge in [0.05, 0.1) is 19.3 Å². The van der Waals surface area contributed by atoms with E-state index in [4.69, 9.17) is 10.00 Å². The highest BCUT2D eigenvalue weighted by Crippen LogP contribution is 2.33. The average molecular weight is 246 g/mol. The molecule has 2 atom stereocenters. The minimum Gasteiger partial charge on any atom is -0.497 e. The molecule has 1 fully saturated rings. The van der Waals surface area contributed by atoms with Crippen LogP contribution in [0.4, 0.5) is 0 Å². The molecule has 0 spiro atoms. The van der Waals surface area contributed by atoms with Crippen LogP contribution in [-0.4, -0.2) is 36.3 Å². The van der Waals surface area contributed by atoms with Gasteiger partial charge in [-0.2, -0.15) is 5.26 Å². The van der Waals surface area contributed by atoms with Crippen molar-refractivity contribution in [2.24, 2.45) is 0 Å². The fourth-order valence-electron chi connectivity index (χ4n) is 2.52. The molecular weight excluding hydrogens is 228 g/mol. The normalized spacial score (nSPS) is 23.8. The minimum absolute atomic E-state index is 0.184. The van der Waals surface area contributed by atoms with E-state index < -0.39 is 0 Å². The van der Waals surface area contributed by atoms with Gasteiger partial charge < -0.3 is 9.84 Å². The molecule has 96 valence electrons.